The lowest BCUT2D eigenvalue weighted by Crippen LogP contribution is -2.66. The van der Waals surface area contributed by atoms with E-state index < -0.39 is 98.0 Å². The predicted molar refractivity (Wildman–Crippen MR) is 193 cm³/mol. The normalized spacial score (nSPS) is 46.7. The Morgan fingerprint density at radius 1 is 0.889 bits per heavy atom. The van der Waals surface area contributed by atoms with Crippen LogP contribution in [0.15, 0.2) is 11.6 Å². The van der Waals surface area contributed by atoms with Gasteiger partial charge in [-0.1, -0.05) is 58.6 Å². The molecule has 6 rings (SSSR count). The molecule has 6 aliphatic rings. The third-order valence-electron chi connectivity index (χ3n) is 14.5. The number of hydrogen-bond donors (Lipinski definition) is 8. The zero-order chi connectivity index (χ0) is 39.3. The number of aliphatic carboxylic acids is 1. The van der Waals surface area contributed by atoms with Crippen molar-refractivity contribution in [2.24, 2.45) is 46.3 Å². The summed E-state index contributed by atoms with van der Waals surface area (Å²) >= 11 is 0. The Morgan fingerprint density at radius 2 is 1.57 bits per heavy atom. The van der Waals surface area contributed by atoms with E-state index in [1.807, 2.05) is 0 Å². The van der Waals surface area contributed by atoms with Gasteiger partial charge < -0.3 is 60.0 Å². The maximum absolute atomic E-state index is 13.5. The van der Waals surface area contributed by atoms with E-state index in [2.05, 4.69) is 33.0 Å². The summed E-state index contributed by atoms with van der Waals surface area (Å²) in [4.78, 5) is 26.0. The van der Waals surface area contributed by atoms with Crippen LogP contribution in [-0.2, 0) is 28.5 Å². The van der Waals surface area contributed by atoms with Crippen LogP contribution in [0.5, 0.6) is 0 Å². The number of carboxylic acids is 1. The Morgan fingerprint density at radius 3 is 2.20 bits per heavy atom. The number of carboxylic acid groups (broad SMARTS) is 1. The van der Waals surface area contributed by atoms with Crippen molar-refractivity contribution >= 4 is 11.9 Å². The molecule has 0 spiro atoms. The minimum Gasteiger partial charge on any atom is -0.481 e. The van der Waals surface area contributed by atoms with Crippen molar-refractivity contribution in [3.05, 3.63) is 11.6 Å². The number of amides is 1. The first-order valence-corrected chi connectivity index (χ1v) is 20.3. The second-order valence-electron chi connectivity index (χ2n) is 18.0. The summed E-state index contributed by atoms with van der Waals surface area (Å²) in [5, 5.41) is 77.4. The minimum absolute atomic E-state index is 0.0465. The van der Waals surface area contributed by atoms with Crippen molar-refractivity contribution in [3.63, 3.8) is 0 Å². The molecule has 2 saturated heterocycles. The van der Waals surface area contributed by atoms with Crippen LogP contribution in [-0.4, -0.2) is 128 Å². The molecule has 2 heterocycles. The van der Waals surface area contributed by atoms with Gasteiger partial charge in [0.2, 0.25) is 5.91 Å². The summed E-state index contributed by atoms with van der Waals surface area (Å²) in [6, 6.07) is -1.18. The number of hydrogen-bond acceptors (Lipinski definition) is 12. The maximum atomic E-state index is 13.5. The summed E-state index contributed by atoms with van der Waals surface area (Å²) in [6.07, 6.45) is -2.49. The first kappa shape index (κ1) is 41.9. The third-order valence-corrected chi connectivity index (χ3v) is 14.5. The quantitative estimate of drug-likeness (QED) is 0.126. The van der Waals surface area contributed by atoms with Crippen LogP contribution >= 0.6 is 0 Å². The van der Waals surface area contributed by atoms with E-state index in [9.17, 15) is 45.3 Å². The Balaban J connectivity index is 1.21. The van der Waals surface area contributed by atoms with Gasteiger partial charge in [-0.05, 0) is 85.9 Å². The van der Waals surface area contributed by atoms with Gasteiger partial charge in [-0.2, -0.15) is 0 Å². The number of nitrogens with one attached hydrogen (secondary N) is 1. The number of ether oxygens (including phenoxy) is 4. The zero-order valence-corrected chi connectivity index (χ0v) is 32.5. The van der Waals surface area contributed by atoms with Crippen LogP contribution in [0.4, 0.5) is 0 Å². The van der Waals surface area contributed by atoms with E-state index in [0.717, 1.165) is 25.7 Å². The molecule has 54 heavy (non-hydrogen) atoms. The number of aliphatic hydroxyl groups is 6. The average Bonchev–Trinajstić information content (AvgIpc) is 3.61. The summed E-state index contributed by atoms with van der Waals surface area (Å²) in [5.41, 5.74) is -0.471. The lowest BCUT2D eigenvalue weighted by molar-refractivity contribution is -0.312. The fraction of sp³-hybridized carbons (Fsp3) is 0.900. The van der Waals surface area contributed by atoms with Gasteiger partial charge in [0, 0.05) is 6.92 Å². The molecule has 18 atom stereocenters. The van der Waals surface area contributed by atoms with Crippen molar-refractivity contribution in [2.45, 2.75) is 166 Å². The van der Waals surface area contributed by atoms with Crippen molar-refractivity contribution in [1.82, 2.24) is 5.32 Å². The van der Waals surface area contributed by atoms with E-state index in [-0.39, 0.29) is 36.0 Å². The fourth-order valence-corrected chi connectivity index (χ4v) is 11.9. The van der Waals surface area contributed by atoms with E-state index >= 15 is 0 Å². The molecule has 0 bridgehead atoms. The summed E-state index contributed by atoms with van der Waals surface area (Å²) in [7, 11) is 0. The molecule has 18 unspecified atom stereocenters. The molecule has 14 nitrogen and oxygen atoms in total. The van der Waals surface area contributed by atoms with Gasteiger partial charge in [0.1, 0.15) is 42.7 Å². The molecule has 0 aromatic carbocycles. The molecule has 3 saturated carbocycles. The Bertz CT molecular complexity index is 1360. The molecule has 0 aromatic rings. The smallest absolute Gasteiger partial charge is 0.314 e. The number of aliphatic hydroxyl groups excluding tert-OH is 6. The molecule has 0 aromatic heterocycles. The highest BCUT2D eigenvalue weighted by Gasteiger charge is 2.65. The SMILES string of the molecule is CC(=O)NC1C(OC2CCC3(C(=O)O)C(=CC(O)C4C3CCC3(C)C(C(C)CCCC(C)C)CCC43)C2)OC(CO)C(O)C1OC1OC(CO)C(O)C1O. The summed E-state index contributed by atoms with van der Waals surface area (Å²) < 4.78 is 23.9. The first-order valence-electron chi connectivity index (χ1n) is 20.3. The van der Waals surface area contributed by atoms with E-state index in [1.54, 1.807) is 6.08 Å². The predicted octanol–water partition coefficient (Wildman–Crippen LogP) is 1.86. The molecule has 8 N–H and O–H groups in total. The van der Waals surface area contributed by atoms with Gasteiger partial charge in [-0.25, -0.2) is 0 Å². The maximum Gasteiger partial charge on any atom is 0.314 e. The van der Waals surface area contributed by atoms with Crippen LogP contribution in [0.25, 0.3) is 0 Å². The van der Waals surface area contributed by atoms with Crippen molar-refractivity contribution in [2.75, 3.05) is 13.2 Å². The first-order chi connectivity index (χ1) is 25.6. The van der Waals surface area contributed by atoms with Crippen LogP contribution in [0.1, 0.15) is 98.8 Å². The number of rotatable bonds is 13. The average molecular weight is 768 g/mol. The molecule has 2 aliphatic heterocycles. The number of fused-ring (bicyclic) bond motifs is 5. The molecular formula is C40H65NO13. The third kappa shape index (κ3) is 7.54. The molecule has 5 fully saturated rings. The topological polar surface area (TPSA) is 225 Å². The fourth-order valence-electron chi connectivity index (χ4n) is 11.9. The molecule has 1 amide bonds. The van der Waals surface area contributed by atoms with Crippen molar-refractivity contribution < 1.29 is 64.3 Å². The van der Waals surface area contributed by atoms with Gasteiger partial charge in [-0.15, -0.1) is 0 Å². The van der Waals surface area contributed by atoms with E-state index in [1.165, 1.54) is 26.2 Å². The minimum atomic E-state index is -1.58. The largest absolute Gasteiger partial charge is 0.481 e. The van der Waals surface area contributed by atoms with Gasteiger partial charge in [0.15, 0.2) is 12.6 Å². The lowest BCUT2D eigenvalue weighted by Gasteiger charge is -2.59. The highest BCUT2D eigenvalue weighted by Crippen LogP contribution is 2.67. The Labute approximate surface area is 318 Å². The van der Waals surface area contributed by atoms with E-state index in [4.69, 9.17) is 18.9 Å². The van der Waals surface area contributed by atoms with Gasteiger partial charge in [0.25, 0.3) is 0 Å². The highest BCUT2D eigenvalue weighted by atomic mass is 16.7. The van der Waals surface area contributed by atoms with Crippen LogP contribution in [0, 0.1) is 46.3 Å². The molecule has 4 aliphatic carbocycles. The molecule has 14 heteroatoms. The molecular weight excluding hydrogens is 702 g/mol. The van der Waals surface area contributed by atoms with Crippen molar-refractivity contribution in [3.8, 4) is 0 Å². The standard InChI is InChI=1S/C40H65NO13/c1-19(2)7-6-8-20(3)24-9-10-25-30-26(12-13-39(24,25)5)40(38(49)50)14-11-23(15-22(40)16-27(30)45)51-36-31(41-21(4)44)35(33(47)29(18-43)52-36)54-37-34(48)32(46)28(17-42)53-37/h16,19-20,23-37,42-43,45-48H,6-15,17-18H2,1-5H3,(H,41,44)(H,49,50). The Hall–Kier alpha value is -1.72. The second-order valence-corrected chi connectivity index (χ2v) is 18.0. The van der Waals surface area contributed by atoms with Gasteiger partial charge in [0.05, 0.1) is 30.8 Å². The van der Waals surface area contributed by atoms with Crippen LogP contribution < -0.4 is 5.32 Å². The van der Waals surface area contributed by atoms with E-state index in [0.29, 0.717) is 29.7 Å². The second kappa shape index (κ2) is 16.6. The molecule has 308 valence electrons. The van der Waals surface area contributed by atoms with Gasteiger partial charge >= 0.3 is 5.97 Å². The number of carbonyl (C=O) groups excluding carboxylic acids is 1. The van der Waals surface area contributed by atoms with Crippen LogP contribution in [0.3, 0.4) is 0 Å². The summed E-state index contributed by atoms with van der Waals surface area (Å²) in [5.74, 6) is 0.265. The van der Waals surface area contributed by atoms with Crippen LogP contribution in [0.2, 0.25) is 0 Å². The monoisotopic (exact) mass is 767 g/mol. The lowest BCUT2D eigenvalue weighted by atomic mass is 9.45. The van der Waals surface area contributed by atoms with Crippen molar-refractivity contribution in [1.29, 1.82) is 0 Å². The van der Waals surface area contributed by atoms with Gasteiger partial charge in [-0.3, -0.25) is 9.59 Å². The number of carbonyl (C=O) groups is 2. The highest BCUT2D eigenvalue weighted by molar-refractivity contribution is 5.80. The zero-order valence-electron chi connectivity index (χ0n) is 32.5. The molecule has 0 radical (unpaired) electrons. The Kier molecular flexibility index (Phi) is 12.9. The summed E-state index contributed by atoms with van der Waals surface area (Å²) in [6.45, 7) is 9.32.